The third-order valence-corrected chi connectivity index (χ3v) is 5.63. The fraction of sp³-hybridized carbons (Fsp3) is 0.438. The quantitative estimate of drug-likeness (QED) is 0.707. The van der Waals surface area contributed by atoms with Gasteiger partial charge in [-0.15, -0.1) is 0 Å². The van der Waals surface area contributed by atoms with Crippen LogP contribution >= 0.6 is 0 Å². The lowest BCUT2D eigenvalue weighted by Crippen LogP contribution is -2.30. The molecule has 0 fully saturated rings. The maximum Gasteiger partial charge on any atom is 0.254 e. The lowest BCUT2D eigenvalue weighted by Gasteiger charge is -2.17. The van der Waals surface area contributed by atoms with Gasteiger partial charge >= 0.3 is 0 Å². The van der Waals surface area contributed by atoms with Gasteiger partial charge in [-0.3, -0.25) is 4.79 Å². The van der Waals surface area contributed by atoms with E-state index in [0.29, 0.717) is 23.7 Å². The Hall–Kier alpha value is -2.30. The number of carbonyl (C=O) groups excluding carboxylic acids is 1. The van der Waals surface area contributed by atoms with Gasteiger partial charge in [0.25, 0.3) is 5.91 Å². The van der Waals surface area contributed by atoms with Gasteiger partial charge in [0.2, 0.25) is 15.9 Å². The third kappa shape index (κ3) is 4.45. The molecule has 0 unspecified atom stereocenters. The molecule has 0 atom stereocenters. The average Bonchev–Trinajstić information content (AvgIpc) is 3.08. The second-order valence-electron chi connectivity index (χ2n) is 5.69. The summed E-state index contributed by atoms with van der Waals surface area (Å²) in [5.41, 5.74) is 0.343. The molecule has 142 valence electrons. The number of likely N-dealkylation sites (N-methyl/N-ethyl adjacent to an activating group) is 1. The summed E-state index contributed by atoms with van der Waals surface area (Å²) in [7, 11) is -0.713. The highest BCUT2D eigenvalue weighted by Crippen LogP contribution is 2.16. The van der Waals surface area contributed by atoms with E-state index in [1.54, 1.807) is 7.05 Å². The highest BCUT2D eigenvalue weighted by Gasteiger charge is 2.21. The molecular weight excluding hydrogens is 360 g/mol. The fourth-order valence-corrected chi connectivity index (χ4v) is 3.37. The van der Waals surface area contributed by atoms with Crippen LogP contribution in [-0.4, -0.2) is 66.0 Å². The molecule has 26 heavy (non-hydrogen) atoms. The Bertz CT molecular complexity index is 848. The summed E-state index contributed by atoms with van der Waals surface area (Å²) in [6.07, 6.45) is 0.616. The molecule has 1 aromatic carbocycles. The monoisotopic (exact) mass is 382 g/mol. The maximum absolute atomic E-state index is 12.5. The van der Waals surface area contributed by atoms with Crippen LogP contribution in [0.15, 0.2) is 33.7 Å². The predicted octanol–water partition coefficient (Wildman–Crippen LogP) is 0.517. The standard InChI is InChI=1S/C16H22N4O5S/c1-4-15-17-14(18-25-15)11-19(2)16(22)12-5-7-13(8-6-12)26(23,24)20(3)9-10-21/h5-8,21H,4,9-11H2,1-3H3. The number of benzene rings is 1. The first kappa shape index (κ1) is 20.0. The van der Waals surface area contributed by atoms with Crippen molar-refractivity contribution >= 4 is 15.9 Å². The topological polar surface area (TPSA) is 117 Å². The maximum atomic E-state index is 12.5. The molecule has 9 nitrogen and oxygen atoms in total. The van der Waals surface area contributed by atoms with E-state index in [9.17, 15) is 13.2 Å². The fourth-order valence-electron chi connectivity index (χ4n) is 2.21. The number of nitrogens with zero attached hydrogens (tertiary/aromatic N) is 4. The molecule has 0 aliphatic rings. The minimum Gasteiger partial charge on any atom is -0.395 e. The predicted molar refractivity (Wildman–Crippen MR) is 92.8 cm³/mol. The molecule has 0 bridgehead atoms. The smallest absolute Gasteiger partial charge is 0.254 e. The first-order valence-electron chi connectivity index (χ1n) is 8.03. The number of aromatic nitrogens is 2. The minimum absolute atomic E-state index is 0.00377. The van der Waals surface area contributed by atoms with E-state index in [2.05, 4.69) is 10.1 Å². The molecule has 0 aliphatic heterocycles. The Kier molecular flexibility index (Phi) is 6.46. The summed E-state index contributed by atoms with van der Waals surface area (Å²) in [5.74, 6) is 0.616. The summed E-state index contributed by atoms with van der Waals surface area (Å²) in [6, 6.07) is 5.64. The molecule has 0 aliphatic carbocycles. The van der Waals surface area contributed by atoms with Gasteiger partial charge in [-0.05, 0) is 24.3 Å². The van der Waals surface area contributed by atoms with E-state index in [1.165, 1.54) is 36.2 Å². The van der Waals surface area contributed by atoms with Gasteiger partial charge in [0.05, 0.1) is 18.0 Å². The second-order valence-corrected chi connectivity index (χ2v) is 7.74. The van der Waals surface area contributed by atoms with Gasteiger partial charge in [-0.25, -0.2) is 8.42 Å². The van der Waals surface area contributed by atoms with Crippen LogP contribution in [0, 0.1) is 0 Å². The van der Waals surface area contributed by atoms with Crippen LogP contribution in [0.4, 0.5) is 0 Å². The molecule has 2 rings (SSSR count). The number of hydrogen-bond donors (Lipinski definition) is 1. The number of aliphatic hydroxyl groups excluding tert-OH is 1. The Morgan fingerprint density at radius 1 is 1.23 bits per heavy atom. The van der Waals surface area contributed by atoms with Gasteiger partial charge in [0, 0.05) is 32.6 Å². The molecule has 1 N–H and O–H groups in total. The first-order chi connectivity index (χ1) is 12.3. The Labute approximate surface area is 152 Å². The Morgan fingerprint density at radius 3 is 2.42 bits per heavy atom. The average molecular weight is 382 g/mol. The van der Waals surface area contributed by atoms with Crippen LogP contribution in [0.3, 0.4) is 0 Å². The van der Waals surface area contributed by atoms with Gasteiger partial charge in [-0.1, -0.05) is 12.1 Å². The highest BCUT2D eigenvalue weighted by atomic mass is 32.2. The number of hydrogen-bond acceptors (Lipinski definition) is 7. The van der Waals surface area contributed by atoms with Crippen molar-refractivity contribution in [2.75, 3.05) is 27.2 Å². The molecule has 1 heterocycles. The Balaban J connectivity index is 2.10. The molecular formula is C16H22N4O5S. The van der Waals surface area contributed by atoms with Gasteiger partial charge in [0.1, 0.15) is 0 Å². The molecule has 1 aromatic heterocycles. The zero-order valence-electron chi connectivity index (χ0n) is 14.9. The minimum atomic E-state index is -3.70. The van der Waals surface area contributed by atoms with Crippen LogP contribution in [-0.2, 0) is 23.0 Å². The summed E-state index contributed by atoms with van der Waals surface area (Å²) < 4.78 is 30.7. The van der Waals surface area contributed by atoms with Crippen molar-refractivity contribution in [2.24, 2.45) is 0 Å². The van der Waals surface area contributed by atoms with Crippen molar-refractivity contribution in [3.05, 3.63) is 41.5 Å². The van der Waals surface area contributed by atoms with Crippen molar-refractivity contribution in [3.63, 3.8) is 0 Å². The van der Waals surface area contributed by atoms with Crippen molar-refractivity contribution in [2.45, 2.75) is 24.8 Å². The van der Waals surface area contributed by atoms with Crippen molar-refractivity contribution in [3.8, 4) is 0 Å². The van der Waals surface area contributed by atoms with Crippen LogP contribution in [0.5, 0.6) is 0 Å². The summed E-state index contributed by atoms with van der Waals surface area (Å²) >= 11 is 0. The van der Waals surface area contributed by atoms with E-state index in [0.717, 1.165) is 4.31 Å². The molecule has 2 aromatic rings. The molecule has 0 spiro atoms. The Morgan fingerprint density at radius 2 is 1.88 bits per heavy atom. The summed E-state index contributed by atoms with van der Waals surface area (Å²) in [5, 5.41) is 12.7. The van der Waals surface area contributed by atoms with E-state index in [1.807, 2.05) is 6.92 Å². The van der Waals surface area contributed by atoms with E-state index in [4.69, 9.17) is 9.63 Å². The number of aliphatic hydroxyl groups is 1. The highest BCUT2D eigenvalue weighted by molar-refractivity contribution is 7.89. The summed E-state index contributed by atoms with van der Waals surface area (Å²) in [4.78, 5) is 18.1. The number of rotatable bonds is 8. The number of aryl methyl sites for hydroxylation is 1. The van der Waals surface area contributed by atoms with Crippen molar-refractivity contribution in [1.82, 2.24) is 19.3 Å². The number of amides is 1. The van der Waals surface area contributed by atoms with Crippen molar-refractivity contribution < 1.29 is 22.8 Å². The van der Waals surface area contributed by atoms with Gasteiger partial charge in [-0.2, -0.15) is 9.29 Å². The van der Waals surface area contributed by atoms with Crippen molar-refractivity contribution in [1.29, 1.82) is 0 Å². The molecule has 0 saturated heterocycles. The molecule has 1 amide bonds. The zero-order valence-corrected chi connectivity index (χ0v) is 15.7. The van der Waals surface area contributed by atoms with E-state index >= 15 is 0 Å². The normalized spacial score (nSPS) is 11.7. The molecule has 0 saturated carbocycles. The largest absolute Gasteiger partial charge is 0.395 e. The molecule has 0 radical (unpaired) electrons. The number of sulfonamides is 1. The van der Waals surface area contributed by atoms with E-state index < -0.39 is 10.0 Å². The second kappa shape index (κ2) is 8.39. The lowest BCUT2D eigenvalue weighted by atomic mass is 10.2. The van der Waals surface area contributed by atoms with E-state index in [-0.39, 0.29) is 30.5 Å². The lowest BCUT2D eigenvalue weighted by molar-refractivity contribution is 0.0780. The molecule has 10 heteroatoms. The summed E-state index contributed by atoms with van der Waals surface area (Å²) in [6.45, 7) is 1.80. The zero-order chi connectivity index (χ0) is 19.3. The van der Waals surface area contributed by atoms with Crippen LogP contribution < -0.4 is 0 Å². The third-order valence-electron chi connectivity index (χ3n) is 3.76. The van der Waals surface area contributed by atoms with Crippen LogP contribution in [0.25, 0.3) is 0 Å². The number of carbonyl (C=O) groups is 1. The SMILES string of the molecule is CCc1nc(CN(C)C(=O)c2ccc(S(=O)(=O)N(C)CCO)cc2)no1. The van der Waals surface area contributed by atoms with Gasteiger partial charge in [0.15, 0.2) is 5.82 Å². The van der Waals surface area contributed by atoms with Gasteiger partial charge < -0.3 is 14.5 Å². The van der Waals surface area contributed by atoms with Crippen LogP contribution in [0.1, 0.15) is 29.0 Å². The first-order valence-corrected chi connectivity index (χ1v) is 9.47. The van der Waals surface area contributed by atoms with Crippen LogP contribution in [0.2, 0.25) is 0 Å².